The third kappa shape index (κ3) is 32.5. The van der Waals surface area contributed by atoms with Crippen LogP contribution in [0.1, 0.15) is 110 Å². The number of carboxylic acids is 1. The van der Waals surface area contributed by atoms with Gasteiger partial charge in [-0.3, -0.25) is 9.59 Å². The van der Waals surface area contributed by atoms with Crippen LogP contribution in [-0.2, 0) is 38.1 Å². The van der Waals surface area contributed by atoms with Crippen molar-refractivity contribution in [1.29, 1.82) is 0 Å². The van der Waals surface area contributed by atoms with Crippen LogP contribution >= 0.6 is 0 Å². The molecule has 1 amide bonds. The molecular formula is C30H57NO9. The van der Waals surface area contributed by atoms with Gasteiger partial charge in [-0.15, -0.1) is 0 Å². The van der Waals surface area contributed by atoms with E-state index in [1.54, 1.807) is 0 Å². The van der Waals surface area contributed by atoms with Gasteiger partial charge in [0, 0.05) is 13.0 Å². The van der Waals surface area contributed by atoms with Gasteiger partial charge in [-0.05, 0) is 6.42 Å². The fourth-order valence-corrected chi connectivity index (χ4v) is 4.01. The second kappa shape index (κ2) is 31.8. The average Bonchev–Trinajstić information content (AvgIpc) is 2.93. The largest absolute Gasteiger partial charge is 0.480 e. The number of carbonyl (C=O) groups is 3. The summed E-state index contributed by atoms with van der Waals surface area (Å²) in [4.78, 5) is 33.4. The highest BCUT2D eigenvalue weighted by Gasteiger charge is 2.04. The number of hydrogen-bond donors (Lipinski definition) is 2. The Balaban J connectivity index is 3.21. The summed E-state index contributed by atoms with van der Waals surface area (Å²) in [7, 11) is 0. The lowest BCUT2D eigenvalue weighted by molar-refractivity contribution is -0.146. The Labute approximate surface area is 242 Å². The molecule has 10 nitrogen and oxygen atoms in total. The first-order valence-corrected chi connectivity index (χ1v) is 15.5. The number of aliphatic carboxylic acids is 1. The van der Waals surface area contributed by atoms with E-state index in [4.69, 9.17) is 24.1 Å². The van der Waals surface area contributed by atoms with Crippen molar-refractivity contribution in [3.63, 3.8) is 0 Å². The summed E-state index contributed by atoms with van der Waals surface area (Å²) >= 11 is 0. The van der Waals surface area contributed by atoms with Crippen molar-refractivity contribution < 1.29 is 43.2 Å². The predicted molar refractivity (Wildman–Crippen MR) is 154 cm³/mol. The van der Waals surface area contributed by atoms with E-state index < -0.39 is 18.5 Å². The molecule has 10 heteroatoms. The van der Waals surface area contributed by atoms with E-state index in [0.29, 0.717) is 52.6 Å². The molecule has 0 saturated carbocycles. The third-order valence-electron chi connectivity index (χ3n) is 6.25. The Bertz CT molecular complexity index is 590. The summed E-state index contributed by atoms with van der Waals surface area (Å²) in [6, 6.07) is 0. The number of ether oxygens (including phenoxy) is 5. The normalized spacial score (nSPS) is 11.0. The van der Waals surface area contributed by atoms with Gasteiger partial charge in [0.25, 0.3) is 0 Å². The fourth-order valence-electron chi connectivity index (χ4n) is 4.01. The minimum absolute atomic E-state index is 0.157. The molecule has 0 rings (SSSR count). The fraction of sp³-hybridized carbons (Fsp3) is 0.900. The zero-order chi connectivity index (χ0) is 29.4. The number of unbranched alkanes of at least 4 members (excludes halogenated alkanes) is 14. The van der Waals surface area contributed by atoms with E-state index in [9.17, 15) is 14.4 Å². The van der Waals surface area contributed by atoms with Crippen LogP contribution in [-0.4, -0.2) is 89.0 Å². The monoisotopic (exact) mass is 575 g/mol. The van der Waals surface area contributed by atoms with Crippen LogP contribution in [0.3, 0.4) is 0 Å². The molecule has 0 aliphatic carbocycles. The van der Waals surface area contributed by atoms with Crippen molar-refractivity contribution in [1.82, 2.24) is 5.32 Å². The summed E-state index contributed by atoms with van der Waals surface area (Å²) in [6.07, 6.45) is 20.0. The predicted octanol–water partition coefficient (Wildman–Crippen LogP) is 5.06. The zero-order valence-electron chi connectivity index (χ0n) is 25.1. The van der Waals surface area contributed by atoms with Gasteiger partial charge >= 0.3 is 11.9 Å². The second-order valence-corrected chi connectivity index (χ2v) is 9.99. The topological polar surface area (TPSA) is 130 Å². The first kappa shape index (κ1) is 38.2. The van der Waals surface area contributed by atoms with Crippen LogP contribution in [0.25, 0.3) is 0 Å². The number of nitrogens with one attached hydrogen (secondary N) is 1. The standard InChI is InChI=1S/C30H57NO9/c1-2-3-4-5-6-7-8-9-10-11-12-13-14-15-16-17-30(35)40-25-24-38-23-22-37-21-20-36-19-18-31-28(32)26-39-27-29(33)34/h2-27H2,1H3,(H,31,32)(H,33,34). The summed E-state index contributed by atoms with van der Waals surface area (Å²) in [6.45, 7) is 4.28. The maximum absolute atomic E-state index is 11.8. The van der Waals surface area contributed by atoms with Crippen LogP contribution in [0.5, 0.6) is 0 Å². The molecule has 0 aromatic rings. The first-order valence-electron chi connectivity index (χ1n) is 15.5. The number of esters is 1. The van der Waals surface area contributed by atoms with Crippen molar-refractivity contribution in [2.24, 2.45) is 0 Å². The summed E-state index contributed by atoms with van der Waals surface area (Å²) in [5, 5.41) is 11.0. The highest BCUT2D eigenvalue weighted by molar-refractivity contribution is 5.77. The van der Waals surface area contributed by atoms with E-state index >= 15 is 0 Å². The van der Waals surface area contributed by atoms with Gasteiger partial charge in [0.05, 0.1) is 39.6 Å². The smallest absolute Gasteiger partial charge is 0.329 e. The summed E-state index contributed by atoms with van der Waals surface area (Å²) in [5.41, 5.74) is 0. The van der Waals surface area contributed by atoms with Gasteiger partial charge in [-0.2, -0.15) is 0 Å². The molecule has 0 unspecified atom stereocenters. The van der Waals surface area contributed by atoms with E-state index in [1.807, 2.05) is 0 Å². The van der Waals surface area contributed by atoms with Gasteiger partial charge in [-0.25, -0.2) is 4.79 Å². The van der Waals surface area contributed by atoms with Crippen LogP contribution in [0.4, 0.5) is 0 Å². The highest BCUT2D eigenvalue weighted by atomic mass is 16.6. The van der Waals surface area contributed by atoms with Crippen LogP contribution in [0.2, 0.25) is 0 Å². The quantitative estimate of drug-likeness (QED) is 0.0835. The van der Waals surface area contributed by atoms with Gasteiger partial charge in [0.2, 0.25) is 5.91 Å². The van der Waals surface area contributed by atoms with Gasteiger partial charge in [0.1, 0.15) is 19.8 Å². The van der Waals surface area contributed by atoms with Crippen molar-refractivity contribution >= 4 is 17.8 Å². The molecule has 0 atom stereocenters. The number of hydrogen-bond acceptors (Lipinski definition) is 8. The van der Waals surface area contributed by atoms with Crippen molar-refractivity contribution in [2.75, 3.05) is 66.0 Å². The van der Waals surface area contributed by atoms with E-state index in [2.05, 4.69) is 17.0 Å². The molecule has 0 bridgehead atoms. The molecule has 2 N–H and O–H groups in total. The summed E-state index contributed by atoms with van der Waals surface area (Å²) < 4.78 is 26.0. The highest BCUT2D eigenvalue weighted by Crippen LogP contribution is 2.13. The maximum atomic E-state index is 11.8. The molecule has 0 aromatic heterocycles. The Morgan fingerprint density at radius 2 is 1.00 bits per heavy atom. The van der Waals surface area contributed by atoms with Gasteiger partial charge in [-0.1, -0.05) is 96.8 Å². The lowest BCUT2D eigenvalue weighted by Crippen LogP contribution is -2.31. The molecule has 0 saturated heterocycles. The zero-order valence-corrected chi connectivity index (χ0v) is 25.1. The van der Waals surface area contributed by atoms with Gasteiger partial charge < -0.3 is 34.1 Å². The molecule has 236 valence electrons. The van der Waals surface area contributed by atoms with Crippen LogP contribution < -0.4 is 5.32 Å². The molecular weight excluding hydrogens is 518 g/mol. The Hall–Kier alpha value is -1.75. The average molecular weight is 576 g/mol. The Kier molecular flexibility index (Phi) is 30.4. The van der Waals surface area contributed by atoms with Crippen molar-refractivity contribution in [3.8, 4) is 0 Å². The Morgan fingerprint density at radius 1 is 0.550 bits per heavy atom. The number of carbonyl (C=O) groups excluding carboxylic acids is 2. The first-order chi connectivity index (χ1) is 19.6. The molecule has 0 heterocycles. The molecule has 0 aliphatic heterocycles. The minimum Gasteiger partial charge on any atom is -0.480 e. The number of amides is 1. The van der Waals surface area contributed by atoms with E-state index in [-0.39, 0.29) is 19.2 Å². The van der Waals surface area contributed by atoms with Crippen molar-refractivity contribution in [2.45, 2.75) is 110 Å². The van der Waals surface area contributed by atoms with E-state index in [1.165, 1.54) is 83.5 Å². The third-order valence-corrected chi connectivity index (χ3v) is 6.25. The SMILES string of the molecule is CCCCCCCCCCCCCCCCCC(=O)OCCOCCOCCOCCNC(=O)COCC(=O)O. The maximum Gasteiger partial charge on any atom is 0.329 e. The van der Waals surface area contributed by atoms with E-state index in [0.717, 1.165) is 12.8 Å². The molecule has 0 spiro atoms. The molecule has 0 radical (unpaired) electrons. The lowest BCUT2D eigenvalue weighted by atomic mass is 10.0. The second-order valence-electron chi connectivity index (χ2n) is 9.99. The van der Waals surface area contributed by atoms with Crippen molar-refractivity contribution in [3.05, 3.63) is 0 Å². The summed E-state index contributed by atoms with van der Waals surface area (Å²) in [5.74, 6) is -1.67. The van der Waals surface area contributed by atoms with Gasteiger partial charge in [0.15, 0.2) is 0 Å². The molecule has 40 heavy (non-hydrogen) atoms. The minimum atomic E-state index is -1.12. The lowest BCUT2D eigenvalue weighted by Gasteiger charge is -2.08. The Morgan fingerprint density at radius 3 is 1.50 bits per heavy atom. The number of rotatable bonds is 32. The molecule has 0 aliphatic rings. The van der Waals surface area contributed by atoms with Crippen LogP contribution in [0, 0.1) is 0 Å². The van der Waals surface area contributed by atoms with Crippen LogP contribution in [0.15, 0.2) is 0 Å². The molecule has 0 aromatic carbocycles. The molecule has 0 fully saturated rings. The number of carboxylic acid groups (broad SMARTS) is 1.